The SMILES string of the molecule is CCN(C(C)=O)c1nc(COc2ccc(C#N)cc2)cs1. The van der Waals surface area contributed by atoms with Crippen LogP contribution in [0.1, 0.15) is 25.1 Å². The number of hydrogen-bond donors (Lipinski definition) is 0. The molecule has 5 nitrogen and oxygen atoms in total. The van der Waals surface area contributed by atoms with E-state index in [4.69, 9.17) is 10.00 Å². The molecule has 0 saturated carbocycles. The van der Waals surface area contributed by atoms with Crippen LogP contribution in [0.5, 0.6) is 5.75 Å². The van der Waals surface area contributed by atoms with Gasteiger partial charge >= 0.3 is 0 Å². The molecule has 6 heteroatoms. The Morgan fingerprint density at radius 2 is 2.14 bits per heavy atom. The summed E-state index contributed by atoms with van der Waals surface area (Å²) in [5.74, 6) is 0.661. The quantitative estimate of drug-likeness (QED) is 0.851. The van der Waals surface area contributed by atoms with Crippen molar-refractivity contribution in [3.63, 3.8) is 0 Å². The van der Waals surface area contributed by atoms with Crippen molar-refractivity contribution in [1.82, 2.24) is 4.98 Å². The zero-order valence-corrected chi connectivity index (χ0v) is 12.7. The zero-order valence-electron chi connectivity index (χ0n) is 11.9. The number of ether oxygens (including phenoxy) is 1. The third-order valence-corrected chi connectivity index (χ3v) is 3.75. The third-order valence-electron chi connectivity index (χ3n) is 2.84. The van der Waals surface area contributed by atoms with E-state index in [-0.39, 0.29) is 5.91 Å². The molecule has 1 aromatic heterocycles. The van der Waals surface area contributed by atoms with E-state index < -0.39 is 0 Å². The maximum absolute atomic E-state index is 11.5. The van der Waals surface area contributed by atoms with Gasteiger partial charge in [0.05, 0.1) is 17.3 Å². The number of carbonyl (C=O) groups is 1. The Balaban J connectivity index is 1.99. The van der Waals surface area contributed by atoms with Crippen molar-refractivity contribution in [3.8, 4) is 11.8 Å². The number of nitrogens with zero attached hydrogens (tertiary/aromatic N) is 3. The Morgan fingerprint density at radius 3 is 2.71 bits per heavy atom. The van der Waals surface area contributed by atoms with Crippen molar-refractivity contribution in [2.24, 2.45) is 0 Å². The van der Waals surface area contributed by atoms with Gasteiger partial charge in [0.2, 0.25) is 5.91 Å². The minimum atomic E-state index is -0.0218. The summed E-state index contributed by atoms with van der Waals surface area (Å²) in [6, 6.07) is 8.97. The highest BCUT2D eigenvalue weighted by Crippen LogP contribution is 2.22. The highest BCUT2D eigenvalue weighted by molar-refractivity contribution is 7.14. The van der Waals surface area contributed by atoms with Crippen LogP contribution in [0.3, 0.4) is 0 Å². The monoisotopic (exact) mass is 301 g/mol. The highest BCUT2D eigenvalue weighted by Gasteiger charge is 2.13. The lowest BCUT2D eigenvalue weighted by molar-refractivity contribution is -0.116. The van der Waals surface area contributed by atoms with Crippen molar-refractivity contribution >= 4 is 22.4 Å². The molecule has 2 aromatic rings. The Kier molecular flexibility index (Phi) is 4.90. The predicted octanol–water partition coefficient (Wildman–Crippen LogP) is 2.97. The molecule has 0 spiro atoms. The number of nitriles is 1. The lowest BCUT2D eigenvalue weighted by Gasteiger charge is -2.14. The molecular weight excluding hydrogens is 286 g/mol. The highest BCUT2D eigenvalue weighted by atomic mass is 32.1. The fourth-order valence-corrected chi connectivity index (χ4v) is 2.68. The van der Waals surface area contributed by atoms with Gasteiger partial charge in [-0.15, -0.1) is 11.3 Å². The molecule has 1 amide bonds. The fourth-order valence-electron chi connectivity index (χ4n) is 1.76. The van der Waals surface area contributed by atoms with Crippen LogP contribution in [-0.4, -0.2) is 17.4 Å². The first-order valence-electron chi connectivity index (χ1n) is 6.49. The molecule has 108 valence electrons. The van der Waals surface area contributed by atoms with E-state index in [0.29, 0.717) is 29.6 Å². The number of aromatic nitrogens is 1. The Bertz CT molecular complexity index is 658. The molecule has 0 fully saturated rings. The van der Waals surface area contributed by atoms with Crippen molar-refractivity contribution in [3.05, 3.63) is 40.9 Å². The number of rotatable bonds is 5. The van der Waals surface area contributed by atoms with E-state index in [9.17, 15) is 4.79 Å². The number of amides is 1. The van der Waals surface area contributed by atoms with Crippen molar-refractivity contribution in [2.75, 3.05) is 11.4 Å². The molecule has 0 saturated heterocycles. The van der Waals surface area contributed by atoms with Crippen LogP contribution < -0.4 is 9.64 Å². The lowest BCUT2D eigenvalue weighted by atomic mass is 10.2. The summed E-state index contributed by atoms with van der Waals surface area (Å²) in [7, 11) is 0. The number of hydrogen-bond acceptors (Lipinski definition) is 5. The smallest absolute Gasteiger partial charge is 0.225 e. The van der Waals surface area contributed by atoms with Crippen LogP contribution in [0.25, 0.3) is 0 Å². The van der Waals surface area contributed by atoms with E-state index in [2.05, 4.69) is 11.1 Å². The van der Waals surface area contributed by atoms with Gasteiger partial charge in [-0.2, -0.15) is 5.26 Å². The minimum absolute atomic E-state index is 0.0218. The van der Waals surface area contributed by atoms with E-state index >= 15 is 0 Å². The minimum Gasteiger partial charge on any atom is -0.487 e. The molecular formula is C15H15N3O2S. The van der Waals surface area contributed by atoms with E-state index in [1.165, 1.54) is 18.3 Å². The van der Waals surface area contributed by atoms with E-state index in [0.717, 1.165) is 5.69 Å². The third kappa shape index (κ3) is 3.80. The molecule has 1 aromatic carbocycles. The average molecular weight is 301 g/mol. The van der Waals surface area contributed by atoms with Crippen LogP contribution in [-0.2, 0) is 11.4 Å². The normalized spacial score (nSPS) is 9.95. The maximum atomic E-state index is 11.5. The Hall–Kier alpha value is -2.39. The number of carbonyl (C=O) groups excluding carboxylic acids is 1. The summed E-state index contributed by atoms with van der Waals surface area (Å²) in [5.41, 5.74) is 1.37. The molecule has 0 aliphatic heterocycles. The van der Waals surface area contributed by atoms with Crippen molar-refractivity contribution in [2.45, 2.75) is 20.5 Å². The molecule has 0 aliphatic rings. The van der Waals surface area contributed by atoms with Gasteiger partial charge in [-0.25, -0.2) is 4.98 Å². The first kappa shape index (κ1) is 15.0. The van der Waals surface area contributed by atoms with E-state index in [1.54, 1.807) is 29.2 Å². The second-order valence-electron chi connectivity index (χ2n) is 4.31. The molecule has 0 aliphatic carbocycles. The summed E-state index contributed by atoms with van der Waals surface area (Å²) in [6.07, 6.45) is 0. The summed E-state index contributed by atoms with van der Waals surface area (Å²) < 4.78 is 5.61. The van der Waals surface area contributed by atoms with Crippen molar-refractivity contribution < 1.29 is 9.53 Å². The lowest BCUT2D eigenvalue weighted by Crippen LogP contribution is -2.27. The van der Waals surface area contributed by atoms with Gasteiger partial charge < -0.3 is 4.74 Å². The summed E-state index contributed by atoms with van der Waals surface area (Å²) >= 11 is 1.42. The molecule has 1 heterocycles. The van der Waals surface area contributed by atoms with Crippen LogP contribution >= 0.6 is 11.3 Å². The van der Waals surface area contributed by atoms with Gasteiger partial charge in [0.1, 0.15) is 12.4 Å². The van der Waals surface area contributed by atoms with Gasteiger partial charge in [0.15, 0.2) is 5.13 Å². The molecule has 0 atom stereocenters. The molecule has 2 rings (SSSR count). The second-order valence-corrected chi connectivity index (χ2v) is 5.15. The molecule has 21 heavy (non-hydrogen) atoms. The van der Waals surface area contributed by atoms with Crippen LogP contribution in [0.15, 0.2) is 29.6 Å². The van der Waals surface area contributed by atoms with Gasteiger partial charge in [0.25, 0.3) is 0 Å². The van der Waals surface area contributed by atoms with Gasteiger partial charge in [-0.1, -0.05) is 0 Å². The van der Waals surface area contributed by atoms with Gasteiger partial charge in [0, 0.05) is 18.8 Å². The first-order valence-corrected chi connectivity index (χ1v) is 7.37. The average Bonchev–Trinajstić information content (AvgIpc) is 2.94. The summed E-state index contributed by atoms with van der Waals surface area (Å²) in [5, 5.41) is 11.3. The first-order chi connectivity index (χ1) is 10.1. The Morgan fingerprint density at radius 1 is 1.43 bits per heavy atom. The van der Waals surface area contributed by atoms with Crippen LogP contribution in [0, 0.1) is 11.3 Å². The topological polar surface area (TPSA) is 66.2 Å². The molecule has 0 unspecified atom stereocenters. The van der Waals surface area contributed by atoms with Crippen molar-refractivity contribution in [1.29, 1.82) is 5.26 Å². The maximum Gasteiger partial charge on any atom is 0.225 e. The zero-order chi connectivity index (χ0) is 15.2. The van der Waals surface area contributed by atoms with Crippen LogP contribution in [0.4, 0.5) is 5.13 Å². The van der Waals surface area contributed by atoms with E-state index in [1.807, 2.05) is 12.3 Å². The Labute approximate surface area is 127 Å². The summed E-state index contributed by atoms with van der Waals surface area (Å²) in [6.45, 7) is 4.37. The molecule has 0 N–H and O–H groups in total. The standard InChI is InChI=1S/C15H15N3O2S/c1-3-18(11(2)19)15-17-13(10-21-15)9-20-14-6-4-12(8-16)5-7-14/h4-7,10H,3,9H2,1-2H3. The van der Waals surface area contributed by atoms with Gasteiger partial charge in [-0.05, 0) is 31.2 Å². The molecule has 0 radical (unpaired) electrons. The second kappa shape index (κ2) is 6.86. The van der Waals surface area contributed by atoms with Gasteiger partial charge in [-0.3, -0.25) is 9.69 Å². The summed E-state index contributed by atoms with van der Waals surface area (Å²) in [4.78, 5) is 17.5. The number of thiazole rings is 1. The largest absolute Gasteiger partial charge is 0.487 e. The number of anilines is 1. The number of benzene rings is 1. The molecule has 0 bridgehead atoms. The predicted molar refractivity (Wildman–Crippen MR) is 81.3 cm³/mol. The van der Waals surface area contributed by atoms with Crippen LogP contribution in [0.2, 0.25) is 0 Å². The fraction of sp³-hybridized carbons (Fsp3) is 0.267.